The van der Waals surface area contributed by atoms with Gasteiger partial charge in [0.2, 0.25) is 11.8 Å². The third kappa shape index (κ3) is 4.55. The number of carbonyl (C=O) groups excluding carboxylic acids is 2. The lowest BCUT2D eigenvalue weighted by Crippen LogP contribution is -2.51. The number of hydrogen-bond acceptors (Lipinski definition) is 3. The predicted octanol–water partition coefficient (Wildman–Crippen LogP) is 3.15. The fraction of sp³-hybridized carbons (Fsp3) is 0.364. The van der Waals surface area contributed by atoms with E-state index >= 15 is 0 Å². The summed E-state index contributed by atoms with van der Waals surface area (Å²) in [7, 11) is 0. The second-order valence-corrected chi connectivity index (χ2v) is 7.16. The number of hydrogen-bond donors (Lipinski definition) is 1. The van der Waals surface area contributed by atoms with Crippen LogP contribution in [0, 0.1) is 13.8 Å². The Bertz CT molecular complexity index is 812. The summed E-state index contributed by atoms with van der Waals surface area (Å²) in [5, 5.41) is 3.12. The maximum atomic E-state index is 13.3. The zero-order chi connectivity index (χ0) is 19.4. The zero-order valence-corrected chi connectivity index (χ0v) is 16.2. The highest BCUT2D eigenvalue weighted by atomic mass is 16.2. The molecule has 5 heteroatoms. The first-order chi connectivity index (χ1) is 13.0. The van der Waals surface area contributed by atoms with Crippen LogP contribution in [0.4, 0.5) is 5.69 Å². The molecule has 1 saturated heterocycles. The highest BCUT2D eigenvalue weighted by Crippen LogP contribution is 2.25. The summed E-state index contributed by atoms with van der Waals surface area (Å²) >= 11 is 0. The first kappa shape index (κ1) is 19.1. The van der Waals surface area contributed by atoms with Crippen LogP contribution in [0.15, 0.2) is 48.5 Å². The van der Waals surface area contributed by atoms with Gasteiger partial charge in [0, 0.05) is 38.8 Å². The second kappa shape index (κ2) is 8.35. The fourth-order valence-corrected chi connectivity index (χ4v) is 3.53. The van der Waals surface area contributed by atoms with Gasteiger partial charge in [-0.2, -0.15) is 0 Å². The van der Waals surface area contributed by atoms with Crippen LogP contribution in [0.1, 0.15) is 29.7 Å². The van der Waals surface area contributed by atoms with Crippen molar-refractivity contribution in [3.63, 3.8) is 0 Å². The molecule has 142 valence electrons. The molecule has 27 heavy (non-hydrogen) atoms. The Labute approximate surface area is 161 Å². The summed E-state index contributed by atoms with van der Waals surface area (Å²) in [5.41, 5.74) is 3.98. The average Bonchev–Trinajstić information content (AvgIpc) is 2.66. The van der Waals surface area contributed by atoms with Crippen molar-refractivity contribution in [1.82, 2.24) is 9.80 Å². The van der Waals surface area contributed by atoms with Gasteiger partial charge < -0.3 is 10.2 Å². The standard InChI is InChI=1S/C22H27N3O2/c1-16-9-10-17(2)20(15-16)23-22(27)21(19-7-5-4-6-8-19)25-13-11-24(12-14-25)18(3)26/h4-10,15,21H,11-14H2,1-3H3,(H,23,27)/t21-/m1/s1. The maximum absolute atomic E-state index is 13.3. The molecule has 1 fully saturated rings. The van der Waals surface area contributed by atoms with E-state index in [4.69, 9.17) is 0 Å². The third-order valence-corrected chi connectivity index (χ3v) is 5.14. The van der Waals surface area contributed by atoms with Gasteiger partial charge in [-0.3, -0.25) is 14.5 Å². The molecule has 1 N–H and O–H groups in total. The first-order valence-corrected chi connectivity index (χ1v) is 9.38. The Kier molecular flexibility index (Phi) is 5.91. The average molecular weight is 365 g/mol. The molecule has 0 aromatic heterocycles. The lowest BCUT2D eigenvalue weighted by molar-refractivity contribution is -0.131. The van der Waals surface area contributed by atoms with Crippen LogP contribution >= 0.6 is 0 Å². The van der Waals surface area contributed by atoms with Crippen molar-refractivity contribution in [3.8, 4) is 0 Å². The van der Waals surface area contributed by atoms with Crippen LogP contribution in [-0.4, -0.2) is 47.8 Å². The Balaban J connectivity index is 1.83. The van der Waals surface area contributed by atoms with Gasteiger partial charge in [0.05, 0.1) is 0 Å². The Morgan fingerprint density at radius 3 is 2.26 bits per heavy atom. The van der Waals surface area contributed by atoms with E-state index in [2.05, 4.69) is 10.2 Å². The van der Waals surface area contributed by atoms with Crippen LogP contribution in [0.3, 0.4) is 0 Å². The fourth-order valence-electron chi connectivity index (χ4n) is 3.53. The molecular formula is C22H27N3O2. The number of rotatable bonds is 4. The highest BCUT2D eigenvalue weighted by molar-refractivity contribution is 5.96. The number of nitrogens with zero attached hydrogens (tertiary/aromatic N) is 2. The van der Waals surface area contributed by atoms with Crippen molar-refractivity contribution >= 4 is 17.5 Å². The van der Waals surface area contributed by atoms with Gasteiger partial charge in [-0.15, -0.1) is 0 Å². The topological polar surface area (TPSA) is 52.7 Å². The monoisotopic (exact) mass is 365 g/mol. The second-order valence-electron chi connectivity index (χ2n) is 7.16. The molecule has 0 radical (unpaired) electrons. The SMILES string of the molecule is CC(=O)N1CCN([C@@H](C(=O)Nc2cc(C)ccc2C)c2ccccc2)CC1. The van der Waals surface area contributed by atoms with Crippen molar-refractivity contribution in [2.75, 3.05) is 31.5 Å². The van der Waals surface area contributed by atoms with Crippen molar-refractivity contribution in [3.05, 3.63) is 65.2 Å². The van der Waals surface area contributed by atoms with Crippen molar-refractivity contribution < 1.29 is 9.59 Å². The Morgan fingerprint density at radius 2 is 1.63 bits per heavy atom. The van der Waals surface area contributed by atoms with Gasteiger partial charge in [0.15, 0.2) is 0 Å². The first-order valence-electron chi connectivity index (χ1n) is 9.38. The quantitative estimate of drug-likeness (QED) is 0.906. The van der Waals surface area contributed by atoms with E-state index in [1.807, 2.05) is 67.3 Å². The van der Waals surface area contributed by atoms with Gasteiger partial charge >= 0.3 is 0 Å². The molecule has 0 spiro atoms. The molecule has 2 aromatic carbocycles. The highest BCUT2D eigenvalue weighted by Gasteiger charge is 2.31. The van der Waals surface area contributed by atoms with Crippen LogP contribution in [0.2, 0.25) is 0 Å². The molecule has 1 heterocycles. The zero-order valence-electron chi connectivity index (χ0n) is 16.2. The summed E-state index contributed by atoms with van der Waals surface area (Å²) in [4.78, 5) is 28.9. The van der Waals surface area contributed by atoms with Gasteiger partial charge in [-0.1, -0.05) is 42.5 Å². The summed E-state index contributed by atoms with van der Waals surface area (Å²) in [6.45, 7) is 8.27. The van der Waals surface area contributed by atoms with Gasteiger partial charge in [0.1, 0.15) is 6.04 Å². The number of aryl methyl sites for hydroxylation is 2. The van der Waals surface area contributed by atoms with Crippen LogP contribution in [0.25, 0.3) is 0 Å². The molecule has 5 nitrogen and oxygen atoms in total. The van der Waals surface area contributed by atoms with Crippen molar-refractivity contribution in [2.45, 2.75) is 26.8 Å². The molecule has 2 amide bonds. The predicted molar refractivity (Wildman–Crippen MR) is 108 cm³/mol. The van der Waals surface area contributed by atoms with Crippen LogP contribution < -0.4 is 5.32 Å². The minimum Gasteiger partial charge on any atom is -0.340 e. The molecule has 0 aliphatic carbocycles. The molecule has 1 aliphatic rings. The summed E-state index contributed by atoms with van der Waals surface area (Å²) in [5.74, 6) is 0.0527. The summed E-state index contributed by atoms with van der Waals surface area (Å²) in [6, 6.07) is 15.5. The van der Waals surface area contributed by atoms with Crippen LogP contribution in [-0.2, 0) is 9.59 Å². The van der Waals surface area contributed by atoms with Gasteiger partial charge in [-0.25, -0.2) is 0 Å². The Morgan fingerprint density at radius 1 is 0.963 bits per heavy atom. The Hall–Kier alpha value is -2.66. The van der Waals surface area contributed by atoms with E-state index in [-0.39, 0.29) is 17.9 Å². The number of anilines is 1. The van der Waals surface area contributed by atoms with E-state index < -0.39 is 0 Å². The number of piperazine rings is 1. The number of carbonyl (C=O) groups is 2. The third-order valence-electron chi connectivity index (χ3n) is 5.14. The largest absolute Gasteiger partial charge is 0.340 e. The lowest BCUT2D eigenvalue weighted by atomic mass is 10.0. The van der Waals surface area contributed by atoms with Gasteiger partial charge in [0.25, 0.3) is 0 Å². The lowest BCUT2D eigenvalue weighted by Gasteiger charge is -2.38. The molecule has 0 unspecified atom stereocenters. The maximum Gasteiger partial charge on any atom is 0.246 e. The van der Waals surface area contributed by atoms with E-state index in [1.165, 1.54) is 0 Å². The molecular weight excluding hydrogens is 338 g/mol. The summed E-state index contributed by atoms with van der Waals surface area (Å²) in [6.07, 6.45) is 0. The smallest absolute Gasteiger partial charge is 0.246 e. The molecule has 1 aliphatic heterocycles. The molecule has 3 rings (SSSR count). The van der Waals surface area contributed by atoms with E-state index in [0.29, 0.717) is 26.2 Å². The minimum absolute atomic E-state index is 0.0359. The summed E-state index contributed by atoms with van der Waals surface area (Å²) < 4.78 is 0. The van der Waals surface area contributed by atoms with E-state index in [0.717, 1.165) is 22.4 Å². The minimum atomic E-state index is -0.375. The number of benzene rings is 2. The van der Waals surface area contributed by atoms with Gasteiger partial charge in [-0.05, 0) is 36.6 Å². The van der Waals surface area contributed by atoms with E-state index in [9.17, 15) is 9.59 Å². The van der Waals surface area contributed by atoms with Crippen molar-refractivity contribution in [2.24, 2.45) is 0 Å². The van der Waals surface area contributed by atoms with E-state index in [1.54, 1.807) is 6.92 Å². The van der Waals surface area contributed by atoms with Crippen LogP contribution in [0.5, 0.6) is 0 Å². The molecule has 0 bridgehead atoms. The molecule has 0 saturated carbocycles. The van der Waals surface area contributed by atoms with Crippen molar-refractivity contribution in [1.29, 1.82) is 0 Å². The normalized spacial score (nSPS) is 16.0. The molecule has 1 atom stereocenters. The number of nitrogens with one attached hydrogen (secondary N) is 1. The number of amides is 2. The molecule has 2 aromatic rings.